The number of hydrogen-bond donors (Lipinski definition) is 2. The minimum absolute atomic E-state index is 0.0523. The first kappa shape index (κ1) is 15.9. The van der Waals surface area contributed by atoms with Crippen molar-refractivity contribution >= 4 is 27.5 Å². The predicted octanol–water partition coefficient (Wildman–Crippen LogP) is 0.752. The number of halogens is 1. The fourth-order valence-corrected chi connectivity index (χ4v) is 2.01. The summed E-state index contributed by atoms with van der Waals surface area (Å²) in [5, 5.41) is 7.73. The number of methoxy groups -OCH3 is 1. The maximum absolute atomic E-state index is 11.9. The van der Waals surface area contributed by atoms with E-state index in [0.717, 1.165) is 6.07 Å². The van der Waals surface area contributed by atoms with Crippen molar-refractivity contribution in [3.05, 3.63) is 28.8 Å². The van der Waals surface area contributed by atoms with E-state index in [1.807, 2.05) is 0 Å². The summed E-state index contributed by atoms with van der Waals surface area (Å²) in [6.07, 6.45) is -0.163. The molecule has 0 bridgehead atoms. The van der Waals surface area contributed by atoms with Crippen LogP contribution in [0.4, 0.5) is 0 Å². The number of nitrogens with two attached hydrogens (primary N) is 1. The first-order valence-electron chi connectivity index (χ1n) is 5.39. The molecule has 0 aliphatic rings. The molecular formula is C11H15ClN2O4S. The quantitative estimate of drug-likeness (QED) is 0.838. The Balaban J connectivity index is 2.96. The third-order valence-corrected chi connectivity index (χ3v) is 3.70. The van der Waals surface area contributed by atoms with Crippen LogP contribution in [0, 0.1) is 0 Å². The van der Waals surface area contributed by atoms with Crippen LogP contribution in [-0.2, 0) is 14.8 Å². The monoisotopic (exact) mass is 306 g/mol. The molecule has 0 aliphatic heterocycles. The lowest BCUT2D eigenvalue weighted by molar-refractivity contribution is 0.0870. The molecule has 0 aliphatic carbocycles. The van der Waals surface area contributed by atoms with Crippen molar-refractivity contribution in [1.82, 2.24) is 5.32 Å². The van der Waals surface area contributed by atoms with Gasteiger partial charge in [0.1, 0.15) is 0 Å². The Hall–Kier alpha value is -1.15. The smallest absolute Gasteiger partial charge is 0.252 e. The van der Waals surface area contributed by atoms with Crippen LogP contribution in [0.5, 0.6) is 0 Å². The minimum Gasteiger partial charge on any atom is -0.380 e. The molecule has 1 rings (SSSR count). The van der Waals surface area contributed by atoms with Gasteiger partial charge in [-0.3, -0.25) is 4.79 Å². The van der Waals surface area contributed by atoms with E-state index in [-0.39, 0.29) is 28.1 Å². The van der Waals surface area contributed by atoms with Crippen molar-refractivity contribution < 1.29 is 17.9 Å². The van der Waals surface area contributed by atoms with Crippen molar-refractivity contribution in [2.75, 3.05) is 13.7 Å². The van der Waals surface area contributed by atoms with Crippen molar-refractivity contribution in [3.63, 3.8) is 0 Å². The van der Waals surface area contributed by atoms with Crippen LogP contribution >= 0.6 is 11.6 Å². The Morgan fingerprint density at radius 1 is 1.53 bits per heavy atom. The number of benzene rings is 1. The molecule has 8 heteroatoms. The zero-order chi connectivity index (χ0) is 14.6. The minimum atomic E-state index is -3.87. The number of carbonyl (C=O) groups excluding carboxylic acids is 1. The highest BCUT2D eigenvalue weighted by Crippen LogP contribution is 2.19. The lowest BCUT2D eigenvalue weighted by atomic mass is 10.2. The van der Waals surface area contributed by atoms with Crippen LogP contribution < -0.4 is 10.5 Å². The Morgan fingerprint density at radius 3 is 2.68 bits per heavy atom. The van der Waals surface area contributed by atoms with Gasteiger partial charge in [0.2, 0.25) is 10.0 Å². The molecule has 1 aromatic rings. The normalized spacial score (nSPS) is 13.1. The molecule has 0 saturated heterocycles. The van der Waals surface area contributed by atoms with Gasteiger partial charge < -0.3 is 10.1 Å². The lowest BCUT2D eigenvalue weighted by Crippen LogP contribution is -2.31. The second-order valence-electron chi connectivity index (χ2n) is 3.94. The second-order valence-corrected chi connectivity index (χ2v) is 5.91. The summed E-state index contributed by atoms with van der Waals surface area (Å²) in [6.45, 7) is 2.06. The van der Waals surface area contributed by atoms with Gasteiger partial charge in [-0.25, -0.2) is 13.6 Å². The molecule has 1 amide bonds. The van der Waals surface area contributed by atoms with Crippen LogP contribution in [0.2, 0.25) is 5.02 Å². The molecule has 106 valence electrons. The number of primary sulfonamides is 1. The third-order valence-electron chi connectivity index (χ3n) is 2.46. The van der Waals surface area contributed by atoms with Gasteiger partial charge in [0.15, 0.2) is 0 Å². The number of amides is 1. The highest BCUT2D eigenvalue weighted by Gasteiger charge is 2.16. The summed E-state index contributed by atoms with van der Waals surface area (Å²) >= 11 is 5.86. The number of nitrogens with one attached hydrogen (secondary N) is 1. The van der Waals surface area contributed by atoms with Crippen LogP contribution in [0.15, 0.2) is 23.1 Å². The van der Waals surface area contributed by atoms with E-state index in [1.165, 1.54) is 19.2 Å². The summed E-state index contributed by atoms with van der Waals surface area (Å²) in [4.78, 5) is 11.7. The molecule has 1 unspecified atom stereocenters. The van der Waals surface area contributed by atoms with Gasteiger partial charge in [0, 0.05) is 13.7 Å². The van der Waals surface area contributed by atoms with E-state index in [4.69, 9.17) is 21.5 Å². The zero-order valence-electron chi connectivity index (χ0n) is 10.5. The Morgan fingerprint density at radius 2 is 2.16 bits per heavy atom. The third kappa shape index (κ3) is 4.46. The molecule has 6 nitrogen and oxygen atoms in total. The van der Waals surface area contributed by atoms with E-state index in [9.17, 15) is 13.2 Å². The molecule has 0 radical (unpaired) electrons. The van der Waals surface area contributed by atoms with Crippen molar-refractivity contribution in [1.29, 1.82) is 0 Å². The molecule has 19 heavy (non-hydrogen) atoms. The van der Waals surface area contributed by atoms with E-state index >= 15 is 0 Å². The largest absolute Gasteiger partial charge is 0.380 e. The molecule has 0 saturated carbocycles. The Labute approximate surface area is 116 Å². The van der Waals surface area contributed by atoms with Gasteiger partial charge in [-0.2, -0.15) is 0 Å². The van der Waals surface area contributed by atoms with Crippen LogP contribution in [0.1, 0.15) is 17.3 Å². The molecule has 0 aromatic heterocycles. The summed E-state index contributed by atoms with van der Waals surface area (Å²) < 4.78 is 27.4. The predicted molar refractivity (Wildman–Crippen MR) is 71.6 cm³/mol. The average Bonchev–Trinajstić information content (AvgIpc) is 2.34. The fraction of sp³-hybridized carbons (Fsp3) is 0.364. The summed E-state index contributed by atoms with van der Waals surface area (Å²) in [7, 11) is -2.36. The van der Waals surface area contributed by atoms with E-state index < -0.39 is 15.9 Å². The Bertz CT molecular complexity index is 574. The SMILES string of the molecule is COC(C)CNC(=O)c1cc(S(N)(=O)=O)ccc1Cl. The fourth-order valence-electron chi connectivity index (χ4n) is 1.27. The van der Waals surface area contributed by atoms with Gasteiger partial charge in [-0.15, -0.1) is 0 Å². The molecule has 0 fully saturated rings. The number of rotatable bonds is 5. The van der Waals surface area contributed by atoms with Crippen LogP contribution in [0.3, 0.4) is 0 Å². The van der Waals surface area contributed by atoms with Gasteiger partial charge in [0.25, 0.3) is 5.91 Å². The molecule has 3 N–H and O–H groups in total. The second kappa shape index (κ2) is 6.33. The summed E-state index contributed by atoms with van der Waals surface area (Å²) in [5.74, 6) is -0.487. The van der Waals surface area contributed by atoms with Gasteiger partial charge in [0.05, 0.1) is 21.6 Å². The topological polar surface area (TPSA) is 98.5 Å². The summed E-state index contributed by atoms with van der Waals surface area (Å²) in [5.41, 5.74) is 0.0523. The van der Waals surface area contributed by atoms with Crippen molar-refractivity contribution in [2.24, 2.45) is 5.14 Å². The molecular weight excluding hydrogens is 292 g/mol. The Kier molecular flexibility index (Phi) is 5.30. The number of sulfonamides is 1. The van der Waals surface area contributed by atoms with E-state index in [0.29, 0.717) is 0 Å². The van der Waals surface area contributed by atoms with Gasteiger partial charge in [-0.05, 0) is 25.1 Å². The van der Waals surface area contributed by atoms with E-state index in [1.54, 1.807) is 6.92 Å². The van der Waals surface area contributed by atoms with Gasteiger partial charge in [-0.1, -0.05) is 11.6 Å². The van der Waals surface area contributed by atoms with Crippen molar-refractivity contribution in [3.8, 4) is 0 Å². The zero-order valence-corrected chi connectivity index (χ0v) is 12.1. The highest BCUT2D eigenvalue weighted by atomic mass is 35.5. The number of ether oxygens (including phenoxy) is 1. The van der Waals surface area contributed by atoms with Crippen LogP contribution in [-0.4, -0.2) is 34.1 Å². The molecule has 0 heterocycles. The maximum Gasteiger partial charge on any atom is 0.252 e. The number of carbonyl (C=O) groups is 1. The van der Waals surface area contributed by atoms with E-state index in [2.05, 4.69) is 5.32 Å². The average molecular weight is 307 g/mol. The highest BCUT2D eigenvalue weighted by molar-refractivity contribution is 7.89. The first-order chi connectivity index (χ1) is 8.75. The summed E-state index contributed by atoms with van der Waals surface area (Å²) in [6, 6.07) is 3.70. The van der Waals surface area contributed by atoms with Crippen LogP contribution in [0.25, 0.3) is 0 Å². The molecule has 1 aromatic carbocycles. The molecule has 1 atom stereocenters. The molecule has 0 spiro atoms. The first-order valence-corrected chi connectivity index (χ1v) is 7.31. The standard InChI is InChI=1S/C11H15ClN2O4S/c1-7(18-2)6-14-11(15)9-5-8(19(13,16)17)3-4-10(9)12/h3-5,7H,6H2,1-2H3,(H,14,15)(H2,13,16,17). The number of hydrogen-bond acceptors (Lipinski definition) is 4. The maximum atomic E-state index is 11.9. The van der Waals surface area contributed by atoms with Crippen molar-refractivity contribution in [2.45, 2.75) is 17.9 Å². The lowest BCUT2D eigenvalue weighted by Gasteiger charge is -2.12. The van der Waals surface area contributed by atoms with Gasteiger partial charge >= 0.3 is 0 Å².